The van der Waals surface area contributed by atoms with Crippen LogP contribution in [0.5, 0.6) is 17.2 Å². The second-order valence-electron chi connectivity index (χ2n) is 6.13. The molecule has 0 radical (unpaired) electrons. The molecule has 2 aromatic carbocycles. The number of rotatable bonds is 5. The standard InChI is InChI=1S/C19H19NO4/c1-22-15-7-4-13(5-8-15)18(12-2-3-12)20-19(21)14-6-9-16-17(10-14)24-11-23-16/h4-10,12,18H,2-3,11H2,1H3,(H,20,21)/t18-/m1/s1. The van der Waals surface area contributed by atoms with Crippen LogP contribution in [-0.4, -0.2) is 19.8 Å². The van der Waals surface area contributed by atoms with Gasteiger partial charge in [0.1, 0.15) is 5.75 Å². The number of carbonyl (C=O) groups excluding carboxylic acids is 1. The second kappa shape index (κ2) is 6.07. The largest absolute Gasteiger partial charge is 0.497 e. The maximum atomic E-state index is 12.7. The van der Waals surface area contributed by atoms with E-state index in [4.69, 9.17) is 14.2 Å². The predicted molar refractivity (Wildman–Crippen MR) is 88.5 cm³/mol. The van der Waals surface area contributed by atoms with Crippen molar-refractivity contribution in [3.8, 4) is 17.2 Å². The molecule has 0 aromatic heterocycles. The molecule has 1 aliphatic heterocycles. The molecule has 5 nitrogen and oxygen atoms in total. The molecule has 4 rings (SSSR count). The van der Waals surface area contributed by atoms with E-state index >= 15 is 0 Å². The van der Waals surface area contributed by atoms with E-state index in [1.165, 1.54) is 0 Å². The van der Waals surface area contributed by atoms with Crippen LogP contribution in [0.1, 0.15) is 34.8 Å². The maximum absolute atomic E-state index is 12.7. The topological polar surface area (TPSA) is 56.8 Å². The van der Waals surface area contributed by atoms with Crippen LogP contribution >= 0.6 is 0 Å². The van der Waals surface area contributed by atoms with Gasteiger partial charge in [-0.1, -0.05) is 12.1 Å². The fourth-order valence-electron chi connectivity index (χ4n) is 2.98. The van der Waals surface area contributed by atoms with Gasteiger partial charge in [-0.2, -0.15) is 0 Å². The van der Waals surface area contributed by atoms with E-state index in [2.05, 4.69) is 5.32 Å². The Bertz CT molecular complexity index is 752. The number of carbonyl (C=O) groups is 1. The Kier molecular flexibility index (Phi) is 3.76. The van der Waals surface area contributed by atoms with Gasteiger partial charge in [0, 0.05) is 5.56 Å². The quantitative estimate of drug-likeness (QED) is 0.916. The molecule has 1 fully saturated rings. The first-order chi connectivity index (χ1) is 11.7. The van der Waals surface area contributed by atoms with Gasteiger partial charge in [-0.15, -0.1) is 0 Å². The van der Waals surface area contributed by atoms with Crippen molar-refractivity contribution >= 4 is 5.91 Å². The van der Waals surface area contributed by atoms with Gasteiger partial charge >= 0.3 is 0 Å². The van der Waals surface area contributed by atoms with E-state index in [0.29, 0.717) is 23.0 Å². The molecule has 0 spiro atoms. The Balaban J connectivity index is 1.53. The minimum Gasteiger partial charge on any atom is -0.497 e. The molecule has 24 heavy (non-hydrogen) atoms. The van der Waals surface area contributed by atoms with Crippen molar-refractivity contribution in [2.45, 2.75) is 18.9 Å². The third-order valence-electron chi connectivity index (χ3n) is 4.49. The van der Waals surface area contributed by atoms with Crippen molar-refractivity contribution in [1.82, 2.24) is 5.32 Å². The zero-order valence-corrected chi connectivity index (χ0v) is 13.5. The van der Waals surface area contributed by atoms with Gasteiger partial charge in [-0.25, -0.2) is 0 Å². The molecule has 2 aliphatic rings. The smallest absolute Gasteiger partial charge is 0.251 e. The van der Waals surface area contributed by atoms with Crippen LogP contribution in [0.3, 0.4) is 0 Å². The SMILES string of the molecule is COc1ccc([C@H](NC(=O)c2ccc3c(c2)OCO3)C2CC2)cc1. The summed E-state index contributed by atoms with van der Waals surface area (Å²) in [6, 6.07) is 13.2. The van der Waals surface area contributed by atoms with Gasteiger partial charge in [0.25, 0.3) is 5.91 Å². The summed E-state index contributed by atoms with van der Waals surface area (Å²) < 4.78 is 15.8. The fourth-order valence-corrected chi connectivity index (χ4v) is 2.98. The van der Waals surface area contributed by atoms with Gasteiger partial charge in [0.15, 0.2) is 11.5 Å². The van der Waals surface area contributed by atoms with Crippen molar-refractivity contribution in [1.29, 1.82) is 0 Å². The summed E-state index contributed by atoms with van der Waals surface area (Å²) in [4.78, 5) is 12.7. The zero-order valence-electron chi connectivity index (χ0n) is 13.5. The highest BCUT2D eigenvalue weighted by Gasteiger charge is 2.33. The monoisotopic (exact) mass is 325 g/mol. The predicted octanol–water partition coefficient (Wildman–Crippen LogP) is 3.31. The molecule has 1 heterocycles. The first kappa shape index (κ1) is 14.9. The first-order valence-corrected chi connectivity index (χ1v) is 8.09. The molecule has 2 aromatic rings. The van der Waals surface area contributed by atoms with E-state index in [-0.39, 0.29) is 18.7 Å². The molecule has 0 unspecified atom stereocenters. The highest BCUT2D eigenvalue weighted by Crippen LogP contribution is 2.41. The number of benzene rings is 2. The van der Waals surface area contributed by atoms with Crippen molar-refractivity contribution < 1.29 is 19.0 Å². The van der Waals surface area contributed by atoms with Crippen LogP contribution in [-0.2, 0) is 0 Å². The van der Waals surface area contributed by atoms with Crippen LogP contribution in [0, 0.1) is 5.92 Å². The van der Waals surface area contributed by atoms with Gasteiger partial charge in [-0.05, 0) is 54.7 Å². The third kappa shape index (κ3) is 2.89. The van der Waals surface area contributed by atoms with Crippen LogP contribution in [0.25, 0.3) is 0 Å². The van der Waals surface area contributed by atoms with Gasteiger partial charge < -0.3 is 19.5 Å². The normalized spacial score (nSPS) is 16.5. The summed E-state index contributed by atoms with van der Waals surface area (Å²) in [5, 5.41) is 3.16. The summed E-state index contributed by atoms with van der Waals surface area (Å²) in [5.41, 5.74) is 1.69. The van der Waals surface area contributed by atoms with Crippen molar-refractivity contribution in [2.24, 2.45) is 5.92 Å². The number of ether oxygens (including phenoxy) is 3. The number of hydrogen-bond acceptors (Lipinski definition) is 4. The molecule has 1 aliphatic carbocycles. The lowest BCUT2D eigenvalue weighted by atomic mass is 10.0. The van der Waals surface area contributed by atoms with E-state index in [9.17, 15) is 4.79 Å². The van der Waals surface area contributed by atoms with E-state index in [1.54, 1.807) is 25.3 Å². The Morgan fingerprint density at radius 2 is 1.88 bits per heavy atom. The number of nitrogens with one attached hydrogen (secondary N) is 1. The average molecular weight is 325 g/mol. The van der Waals surface area contributed by atoms with Crippen LogP contribution < -0.4 is 19.5 Å². The molecule has 0 bridgehead atoms. The molecular formula is C19H19NO4. The maximum Gasteiger partial charge on any atom is 0.251 e. The number of methoxy groups -OCH3 is 1. The minimum absolute atomic E-state index is 0.0221. The number of fused-ring (bicyclic) bond motifs is 1. The van der Waals surface area contributed by atoms with Gasteiger partial charge in [0.2, 0.25) is 6.79 Å². The Labute approximate surface area is 140 Å². The Morgan fingerprint density at radius 3 is 2.58 bits per heavy atom. The molecule has 1 amide bonds. The first-order valence-electron chi connectivity index (χ1n) is 8.09. The molecule has 1 atom stereocenters. The fraction of sp³-hybridized carbons (Fsp3) is 0.316. The van der Waals surface area contributed by atoms with Crippen molar-refractivity contribution in [3.05, 3.63) is 53.6 Å². The molecule has 5 heteroatoms. The number of amides is 1. The van der Waals surface area contributed by atoms with Gasteiger partial charge in [-0.3, -0.25) is 4.79 Å². The lowest BCUT2D eigenvalue weighted by Crippen LogP contribution is -2.29. The lowest BCUT2D eigenvalue weighted by Gasteiger charge is -2.19. The lowest BCUT2D eigenvalue weighted by molar-refractivity contribution is 0.0931. The van der Waals surface area contributed by atoms with Crippen LogP contribution in [0.2, 0.25) is 0 Å². The van der Waals surface area contributed by atoms with E-state index in [0.717, 1.165) is 24.2 Å². The number of hydrogen-bond donors (Lipinski definition) is 1. The van der Waals surface area contributed by atoms with Crippen molar-refractivity contribution in [2.75, 3.05) is 13.9 Å². The average Bonchev–Trinajstić information content (AvgIpc) is 3.35. The summed E-state index contributed by atoms with van der Waals surface area (Å²) in [5.74, 6) is 2.52. The van der Waals surface area contributed by atoms with Crippen molar-refractivity contribution in [3.63, 3.8) is 0 Å². The van der Waals surface area contributed by atoms with Crippen LogP contribution in [0.15, 0.2) is 42.5 Å². The highest BCUT2D eigenvalue weighted by molar-refractivity contribution is 5.95. The molecule has 0 saturated heterocycles. The van der Waals surface area contributed by atoms with Gasteiger partial charge in [0.05, 0.1) is 13.2 Å². The second-order valence-corrected chi connectivity index (χ2v) is 6.13. The van der Waals surface area contributed by atoms with Crippen LogP contribution in [0.4, 0.5) is 0 Å². The Hall–Kier alpha value is -2.69. The summed E-state index contributed by atoms with van der Waals surface area (Å²) in [6.45, 7) is 0.205. The summed E-state index contributed by atoms with van der Waals surface area (Å²) in [7, 11) is 1.65. The van der Waals surface area contributed by atoms with E-state index in [1.807, 2.05) is 24.3 Å². The zero-order chi connectivity index (χ0) is 16.5. The molecule has 1 N–H and O–H groups in total. The minimum atomic E-state index is -0.0963. The summed E-state index contributed by atoms with van der Waals surface area (Å²) >= 11 is 0. The molecule has 1 saturated carbocycles. The summed E-state index contributed by atoms with van der Waals surface area (Å²) in [6.07, 6.45) is 2.27. The molecular weight excluding hydrogens is 306 g/mol. The van der Waals surface area contributed by atoms with E-state index < -0.39 is 0 Å². The Morgan fingerprint density at radius 1 is 1.12 bits per heavy atom. The molecule has 124 valence electrons. The third-order valence-corrected chi connectivity index (χ3v) is 4.49. The highest BCUT2D eigenvalue weighted by atomic mass is 16.7.